The van der Waals surface area contributed by atoms with Crippen LogP contribution in [0.5, 0.6) is 11.5 Å². The number of benzene rings is 1. The lowest BCUT2D eigenvalue weighted by Gasteiger charge is -2.14. The molecule has 0 aliphatic carbocycles. The normalized spacial score (nSPS) is 12.0. The summed E-state index contributed by atoms with van der Waals surface area (Å²) in [6.07, 6.45) is 3.55. The average molecular weight is 369 g/mol. The van der Waals surface area contributed by atoms with Crippen molar-refractivity contribution in [1.29, 1.82) is 0 Å². The molecular weight excluding hydrogens is 346 g/mol. The van der Waals surface area contributed by atoms with Gasteiger partial charge in [0.15, 0.2) is 11.5 Å². The predicted octanol–water partition coefficient (Wildman–Crippen LogP) is 4.28. The number of ether oxygens (including phenoxy) is 2. The molecule has 26 heavy (non-hydrogen) atoms. The van der Waals surface area contributed by atoms with Crippen LogP contribution >= 0.6 is 11.3 Å². The minimum absolute atomic E-state index is 0.204. The number of rotatable bonds is 8. The Morgan fingerprint density at radius 3 is 2.77 bits per heavy atom. The van der Waals surface area contributed by atoms with E-state index >= 15 is 0 Å². The van der Waals surface area contributed by atoms with Gasteiger partial charge in [0.05, 0.1) is 13.2 Å². The van der Waals surface area contributed by atoms with Crippen LogP contribution in [-0.2, 0) is 13.2 Å². The van der Waals surface area contributed by atoms with Crippen molar-refractivity contribution in [3.63, 3.8) is 0 Å². The van der Waals surface area contributed by atoms with Gasteiger partial charge in [0.25, 0.3) is 0 Å². The zero-order chi connectivity index (χ0) is 18.4. The third kappa shape index (κ3) is 4.80. The molecule has 3 aromatic rings. The van der Waals surface area contributed by atoms with Gasteiger partial charge in [-0.05, 0) is 37.6 Å². The van der Waals surface area contributed by atoms with E-state index in [0.29, 0.717) is 6.61 Å². The fraction of sp³-hybridized carbons (Fsp3) is 0.300. The molecule has 0 spiro atoms. The zero-order valence-electron chi connectivity index (χ0n) is 15.2. The molecule has 1 unspecified atom stereocenters. The molecule has 0 aliphatic rings. The first-order chi connectivity index (χ1) is 12.7. The highest BCUT2D eigenvalue weighted by Gasteiger charge is 2.11. The molecule has 1 aromatic carbocycles. The van der Waals surface area contributed by atoms with Crippen LogP contribution in [0.2, 0.25) is 0 Å². The third-order valence-corrected chi connectivity index (χ3v) is 5.11. The Labute approximate surface area is 158 Å². The van der Waals surface area contributed by atoms with E-state index in [1.54, 1.807) is 30.8 Å². The molecule has 0 radical (unpaired) electrons. The van der Waals surface area contributed by atoms with Gasteiger partial charge in [0.1, 0.15) is 11.6 Å². The summed E-state index contributed by atoms with van der Waals surface area (Å²) < 4.78 is 11.4. The summed E-state index contributed by atoms with van der Waals surface area (Å²) in [5.74, 6) is 1.45. The molecule has 0 bridgehead atoms. The fourth-order valence-electron chi connectivity index (χ4n) is 2.52. The molecule has 2 heterocycles. The van der Waals surface area contributed by atoms with Crippen molar-refractivity contribution in [3.05, 3.63) is 69.9 Å². The fourth-order valence-corrected chi connectivity index (χ4v) is 3.35. The van der Waals surface area contributed by atoms with Crippen LogP contribution in [0, 0.1) is 6.92 Å². The third-order valence-electron chi connectivity index (χ3n) is 3.96. The van der Waals surface area contributed by atoms with Crippen molar-refractivity contribution < 1.29 is 9.47 Å². The lowest BCUT2D eigenvalue weighted by atomic mass is 10.2. The number of hydrogen-bond donors (Lipinski definition) is 1. The van der Waals surface area contributed by atoms with Crippen molar-refractivity contribution in [1.82, 2.24) is 15.3 Å². The maximum atomic E-state index is 5.95. The average Bonchev–Trinajstić information content (AvgIpc) is 3.12. The van der Waals surface area contributed by atoms with Gasteiger partial charge in [-0.15, -0.1) is 11.3 Å². The van der Waals surface area contributed by atoms with Crippen LogP contribution < -0.4 is 14.8 Å². The monoisotopic (exact) mass is 369 g/mol. The lowest BCUT2D eigenvalue weighted by molar-refractivity contribution is 0.283. The number of aromatic nitrogens is 2. The van der Waals surface area contributed by atoms with Crippen LogP contribution in [0.25, 0.3) is 0 Å². The van der Waals surface area contributed by atoms with E-state index in [-0.39, 0.29) is 6.04 Å². The number of hydrogen-bond acceptors (Lipinski definition) is 6. The molecular formula is C20H23N3O2S. The molecule has 0 saturated heterocycles. The number of methoxy groups -OCH3 is 1. The van der Waals surface area contributed by atoms with E-state index in [0.717, 1.165) is 39.9 Å². The Bertz CT molecular complexity index is 836. The largest absolute Gasteiger partial charge is 0.493 e. The van der Waals surface area contributed by atoms with E-state index in [1.165, 1.54) is 0 Å². The van der Waals surface area contributed by atoms with E-state index in [4.69, 9.17) is 9.47 Å². The van der Waals surface area contributed by atoms with Crippen LogP contribution in [0.15, 0.2) is 48.1 Å². The summed E-state index contributed by atoms with van der Waals surface area (Å²) in [7, 11) is 1.65. The number of aryl methyl sites for hydroxylation is 1. The standard InChI is InChI=1S/C20H23N3O2S/c1-14-13-26-20(23-14)15(2)22-11-16-6-7-18(24-3)19(9-16)25-12-17-5-4-8-21-10-17/h4-10,13,15,22H,11-12H2,1-3H3. The summed E-state index contributed by atoms with van der Waals surface area (Å²) in [6.45, 7) is 5.33. The van der Waals surface area contributed by atoms with Crippen molar-refractivity contribution in [2.24, 2.45) is 0 Å². The highest BCUT2D eigenvalue weighted by molar-refractivity contribution is 7.09. The van der Waals surface area contributed by atoms with Gasteiger partial charge in [0, 0.05) is 35.6 Å². The van der Waals surface area contributed by atoms with Crippen LogP contribution in [0.3, 0.4) is 0 Å². The molecule has 0 fully saturated rings. The van der Waals surface area contributed by atoms with Crippen LogP contribution in [0.1, 0.15) is 34.8 Å². The molecule has 6 heteroatoms. The van der Waals surface area contributed by atoms with Gasteiger partial charge < -0.3 is 14.8 Å². The first kappa shape index (κ1) is 18.4. The lowest BCUT2D eigenvalue weighted by Crippen LogP contribution is -2.18. The Balaban J connectivity index is 1.64. The summed E-state index contributed by atoms with van der Waals surface area (Å²) >= 11 is 1.68. The van der Waals surface area contributed by atoms with Gasteiger partial charge in [-0.3, -0.25) is 4.98 Å². The Morgan fingerprint density at radius 2 is 2.08 bits per heavy atom. The van der Waals surface area contributed by atoms with Gasteiger partial charge in [-0.1, -0.05) is 12.1 Å². The topological polar surface area (TPSA) is 56.3 Å². The first-order valence-electron chi connectivity index (χ1n) is 8.49. The van der Waals surface area contributed by atoms with Crippen molar-refractivity contribution in [2.75, 3.05) is 7.11 Å². The van der Waals surface area contributed by atoms with E-state index in [9.17, 15) is 0 Å². The molecule has 0 aliphatic heterocycles. The smallest absolute Gasteiger partial charge is 0.161 e. The molecule has 1 N–H and O–H groups in total. The second kappa shape index (κ2) is 8.78. The molecule has 2 aromatic heterocycles. The Hall–Kier alpha value is -2.44. The molecule has 1 atom stereocenters. The second-order valence-electron chi connectivity index (χ2n) is 6.06. The van der Waals surface area contributed by atoms with Gasteiger partial charge in [-0.2, -0.15) is 0 Å². The maximum Gasteiger partial charge on any atom is 0.161 e. The highest BCUT2D eigenvalue weighted by Crippen LogP contribution is 2.29. The number of thiazole rings is 1. The maximum absolute atomic E-state index is 5.95. The quantitative estimate of drug-likeness (QED) is 0.642. The van der Waals surface area contributed by atoms with Crippen molar-refractivity contribution >= 4 is 11.3 Å². The zero-order valence-corrected chi connectivity index (χ0v) is 16.0. The summed E-state index contributed by atoms with van der Waals surface area (Å²) in [5.41, 5.74) is 3.21. The Morgan fingerprint density at radius 1 is 1.19 bits per heavy atom. The molecule has 3 rings (SSSR count). The summed E-state index contributed by atoms with van der Waals surface area (Å²) in [4.78, 5) is 8.65. The second-order valence-corrected chi connectivity index (χ2v) is 6.95. The minimum atomic E-state index is 0.204. The summed E-state index contributed by atoms with van der Waals surface area (Å²) in [6, 6.07) is 10.1. The Kier molecular flexibility index (Phi) is 6.20. The van der Waals surface area contributed by atoms with E-state index in [2.05, 4.69) is 27.6 Å². The first-order valence-corrected chi connectivity index (χ1v) is 9.37. The molecule has 0 amide bonds. The number of pyridine rings is 1. The van der Waals surface area contributed by atoms with Crippen molar-refractivity contribution in [3.8, 4) is 11.5 Å². The van der Waals surface area contributed by atoms with E-state index in [1.807, 2.05) is 37.3 Å². The molecule has 0 saturated carbocycles. The van der Waals surface area contributed by atoms with Crippen molar-refractivity contribution in [2.45, 2.75) is 33.0 Å². The molecule has 136 valence electrons. The van der Waals surface area contributed by atoms with Crippen LogP contribution in [0.4, 0.5) is 0 Å². The van der Waals surface area contributed by atoms with Gasteiger partial charge in [0.2, 0.25) is 0 Å². The van der Waals surface area contributed by atoms with Gasteiger partial charge in [-0.25, -0.2) is 4.98 Å². The number of nitrogens with zero attached hydrogens (tertiary/aromatic N) is 2. The van der Waals surface area contributed by atoms with Gasteiger partial charge >= 0.3 is 0 Å². The van der Waals surface area contributed by atoms with E-state index < -0.39 is 0 Å². The predicted molar refractivity (Wildman–Crippen MR) is 104 cm³/mol. The van der Waals surface area contributed by atoms with Crippen LogP contribution in [-0.4, -0.2) is 17.1 Å². The minimum Gasteiger partial charge on any atom is -0.493 e. The summed E-state index contributed by atoms with van der Waals surface area (Å²) in [5, 5.41) is 6.68. The molecule has 5 nitrogen and oxygen atoms in total. The SMILES string of the molecule is COc1ccc(CNC(C)c2nc(C)cs2)cc1OCc1cccnc1. The number of nitrogens with one attached hydrogen (secondary N) is 1. The highest BCUT2D eigenvalue weighted by atomic mass is 32.1.